The number of benzene rings is 2. The van der Waals surface area contributed by atoms with Gasteiger partial charge < -0.3 is 5.32 Å². The summed E-state index contributed by atoms with van der Waals surface area (Å²) >= 11 is 6.08. The van der Waals surface area contributed by atoms with Gasteiger partial charge in [0.1, 0.15) is 16.8 Å². The molecule has 3 nitrogen and oxygen atoms in total. The summed E-state index contributed by atoms with van der Waals surface area (Å²) in [4.78, 5) is 8.70. The molecule has 0 spiro atoms. The molecule has 0 unspecified atom stereocenters. The van der Waals surface area contributed by atoms with Gasteiger partial charge in [-0.1, -0.05) is 41.9 Å². The van der Waals surface area contributed by atoms with Crippen LogP contribution in [0.1, 0.15) is 5.56 Å². The number of rotatable bonds is 3. The molecule has 0 aliphatic heterocycles. The minimum atomic E-state index is -0.270. The molecule has 0 fully saturated rings. The van der Waals surface area contributed by atoms with Gasteiger partial charge in [-0.25, -0.2) is 14.4 Å². The zero-order valence-corrected chi connectivity index (χ0v) is 12.6. The number of hydrogen-bond donors (Lipinski definition) is 1. The van der Waals surface area contributed by atoms with Gasteiger partial charge >= 0.3 is 0 Å². The van der Waals surface area contributed by atoms with Crippen LogP contribution in [0.25, 0.3) is 11.4 Å². The lowest BCUT2D eigenvalue weighted by molar-refractivity contribution is 0.627. The van der Waals surface area contributed by atoms with Crippen molar-refractivity contribution in [2.45, 2.75) is 6.92 Å². The van der Waals surface area contributed by atoms with E-state index in [2.05, 4.69) is 15.3 Å². The van der Waals surface area contributed by atoms with E-state index in [1.165, 1.54) is 12.1 Å². The zero-order valence-electron chi connectivity index (χ0n) is 11.8. The minimum absolute atomic E-state index is 0.270. The molecular formula is C17H13ClFN3. The first-order chi connectivity index (χ1) is 10.6. The van der Waals surface area contributed by atoms with Crippen LogP contribution in [0, 0.1) is 12.7 Å². The summed E-state index contributed by atoms with van der Waals surface area (Å²) in [6.45, 7) is 1.83. The number of hydrogen-bond acceptors (Lipinski definition) is 3. The number of aryl methyl sites for hydroxylation is 1. The number of nitrogens with zero attached hydrogens (tertiary/aromatic N) is 2. The Kier molecular flexibility index (Phi) is 4.02. The molecule has 0 saturated heterocycles. The molecule has 3 aromatic rings. The summed E-state index contributed by atoms with van der Waals surface area (Å²) in [6, 6.07) is 15.7. The second-order valence-electron chi connectivity index (χ2n) is 4.85. The van der Waals surface area contributed by atoms with E-state index in [-0.39, 0.29) is 5.82 Å². The predicted octanol–water partition coefficient (Wildman–Crippen LogP) is 4.99. The van der Waals surface area contributed by atoms with Crippen LogP contribution in [0.15, 0.2) is 54.6 Å². The van der Waals surface area contributed by atoms with E-state index in [9.17, 15) is 4.39 Å². The summed E-state index contributed by atoms with van der Waals surface area (Å²) in [5, 5.41) is 3.49. The van der Waals surface area contributed by atoms with Gasteiger partial charge in [-0.3, -0.25) is 0 Å². The number of nitrogens with one attached hydrogen (secondary N) is 1. The van der Waals surface area contributed by atoms with Crippen molar-refractivity contribution >= 4 is 23.1 Å². The summed E-state index contributed by atoms with van der Waals surface area (Å²) in [7, 11) is 0. The summed E-state index contributed by atoms with van der Waals surface area (Å²) < 4.78 is 13.2. The monoisotopic (exact) mass is 313 g/mol. The standard InChI is InChI=1S/C17H13ClFN3/c1-11-9-13(19)7-8-14(11)20-16-10-15(18)21-17(22-16)12-5-3-2-4-6-12/h2-10H,1H3,(H,20,21,22). The fraction of sp³-hybridized carbons (Fsp3) is 0.0588. The Bertz CT molecular complexity index is 806. The lowest BCUT2D eigenvalue weighted by Gasteiger charge is -2.10. The van der Waals surface area contributed by atoms with Crippen molar-refractivity contribution in [3.63, 3.8) is 0 Å². The summed E-state index contributed by atoms with van der Waals surface area (Å²) in [6.07, 6.45) is 0. The van der Waals surface area contributed by atoms with Crippen LogP contribution in [0.2, 0.25) is 5.15 Å². The van der Waals surface area contributed by atoms with Crippen molar-refractivity contribution in [3.05, 3.63) is 71.1 Å². The third-order valence-electron chi connectivity index (χ3n) is 3.18. The van der Waals surface area contributed by atoms with Crippen molar-refractivity contribution in [1.82, 2.24) is 9.97 Å². The average molecular weight is 314 g/mol. The molecule has 22 heavy (non-hydrogen) atoms. The molecule has 5 heteroatoms. The Morgan fingerprint density at radius 2 is 1.77 bits per heavy atom. The number of aromatic nitrogens is 2. The summed E-state index contributed by atoms with van der Waals surface area (Å²) in [5.74, 6) is 0.831. The summed E-state index contributed by atoms with van der Waals surface area (Å²) in [5.41, 5.74) is 2.44. The predicted molar refractivity (Wildman–Crippen MR) is 86.9 cm³/mol. The number of anilines is 2. The van der Waals surface area contributed by atoms with Gasteiger partial charge in [-0.15, -0.1) is 0 Å². The third kappa shape index (κ3) is 3.23. The first-order valence-corrected chi connectivity index (χ1v) is 7.13. The normalized spacial score (nSPS) is 10.5. The molecule has 0 aliphatic carbocycles. The van der Waals surface area contributed by atoms with Crippen LogP contribution in [0.4, 0.5) is 15.9 Å². The fourth-order valence-electron chi connectivity index (χ4n) is 2.10. The van der Waals surface area contributed by atoms with E-state index in [1.54, 1.807) is 12.1 Å². The topological polar surface area (TPSA) is 37.8 Å². The van der Waals surface area contributed by atoms with Gasteiger partial charge in [0.15, 0.2) is 5.82 Å². The van der Waals surface area contributed by atoms with Gasteiger partial charge in [-0.05, 0) is 30.7 Å². The van der Waals surface area contributed by atoms with Crippen molar-refractivity contribution in [3.8, 4) is 11.4 Å². The molecule has 0 radical (unpaired) electrons. The molecule has 1 aromatic heterocycles. The van der Waals surface area contributed by atoms with Gasteiger partial charge in [0.25, 0.3) is 0 Å². The average Bonchev–Trinajstić information content (AvgIpc) is 2.50. The second kappa shape index (κ2) is 6.12. The van der Waals surface area contributed by atoms with Gasteiger partial charge in [-0.2, -0.15) is 0 Å². The van der Waals surface area contributed by atoms with Crippen LogP contribution in [0.5, 0.6) is 0 Å². The lowest BCUT2D eigenvalue weighted by atomic mass is 10.2. The molecule has 0 saturated carbocycles. The van der Waals surface area contributed by atoms with E-state index < -0.39 is 0 Å². The highest BCUT2D eigenvalue weighted by molar-refractivity contribution is 6.29. The quantitative estimate of drug-likeness (QED) is 0.692. The van der Waals surface area contributed by atoms with E-state index in [0.717, 1.165) is 16.8 Å². The molecule has 0 aliphatic rings. The second-order valence-corrected chi connectivity index (χ2v) is 5.24. The van der Waals surface area contributed by atoms with E-state index >= 15 is 0 Å². The maximum Gasteiger partial charge on any atom is 0.163 e. The van der Waals surface area contributed by atoms with Gasteiger partial charge in [0, 0.05) is 17.3 Å². The fourth-order valence-corrected chi connectivity index (χ4v) is 2.29. The largest absolute Gasteiger partial charge is 0.340 e. The molecule has 1 heterocycles. The minimum Gasteiger partial charge on any atom is -0.340 e. The SMILES string of the molecule is Cc1cc(F)ccc1Nc1cc(Cl)nc(-c2ccccc2)n1. The Labute approximate surface area is 132 Å². The third-order valence-corrected chi connectivity index (χ3v) is 3.37. The maximum absolute atomic E-state index is 13.2. The maximum atomic E-state index is 13.2. The molecular weight excluding hydrogens is 301 g/mol. The van der Waals surface area contributed by atoms with Crippen LogP contribution in [-0.4, -0.2) is 9.97 Å². The van der Waals surface area contributed by atoms with Crippen molar-refractivity contribution in [1.29, 1.82) is 0 Å². The molecule has 110 valence electrons. The molecule has 2 aromatic carbocycles. The number of halogens is 2. The highest BCUT2D eigenvalue weighted by atomic mass is 35.5. The lowest BCUT2D eigenvalue weighted by Crippen LogP contribution is -1.99. The first-order valence-electron chi connectivity index (χ1n) is 6.75. The first kappa shape index (κ1) is 14.5. The molecule has 0 bridgehead atoms. The van der Waals surface area contributed by atoms with E-state index in [4.69, 9.17) is 11.6 Å². The molecule has 0 atom stereocenters. The van der Waals surface area contributed by atoms with Gasteiger partial charge in [0.05, 0.1) is 0 Å². The van der Waals surface area contributed by atoms with Crippen LogP contribution in [-0.2, 0) is 0 Å². The zero-order chi connectivity index (χ0) is 15.5. The van der Waals surface area contributed by atoms with E-state index in [0.29, 0.717) is 16.8 Å². The van der Waals surface area contributed by atoms with Crippen molar-refractivity contribution < 1.29 is 4.39 Å². The van der Waals surface area contributed by atoms with Crippen molar-refractivity contribution in [2.75, 3.05) is 5.32 Å². The van der Waals surface area contributed by atoms with Crippen molar-refractivity contribution in [2.24, 2.45) is 0 Å². The Morgan fingerprint density at radius 3 is 2.50 bits per heavy atom. The highest BCUT2D eigenvalue weighted by Gasteiger charge is 2.07. The van der Waals surface area contributed by atoms with Crippen LogP contribution in [0.3, 0.4) is 0 Å². The molecule has 0 amide bonds. The Morgan fingerprint density at radius 1 is 1.00 bits per heavy atom. The molecule has 3 rings (SSSR count). The van der Waals surface area contributed by atoms with E-state index in [1.807, 2.05) is 37.3 Å². The van der Waals surface area contributed by atoms with Crippen LogP contribution >= 0.6 is 11.6 Å². The van der Waals surface area contributed by atoms with Gasteiger partial charge in [0.2, 0.25) is 0 Å². The smallest absolute Gasteiger partial charge is 0.163 e. The highest BCUT2D eigenvalue weighted by Crippen LogP contribution is 2.24. The van der Waals surface area contributed by atoms with Crippen LogP contribution < -0.4 is 5.32 Å². The molecule has 1 N–H and O–H groups in total. The Balaban J connectivity index is 1.96. The Hall–Kier alpha value is -2.46.